The summed E-state index contributed by atoms with van der Waals surface area (Å²) in [5.74, 6) is -1.45. The molecular weight excluding hydrogens is 284 g/mol. The molecule has 1 amide bonds. The van der Waals surface area contributed by atoms with Gasteiger partial charge >= 0.3 is 5.97 Å². The van der Waals surface area contributed by atoms with Gasteiger partial charge in [0.25, 0.3) is 5.91 Å². The number of carbonyl (C=O) groups excluding carboxylic acids is 1. The van der Waals surface area contributed by atoms with Gasteiger partial charge in [0.2, 0.25) is 11.7 Å². The number of aryl methyl sites for hydroxylation is 1. The Kier molecular flexibility index (Phi) is 4.60. The second-order valence-electron chi connectivity index (χ2n) is 5.22. The normalized spacial score (nSPS) is 12.0. The zero-order chi connectivity index (χ0) is 16.3. The predicted octanol–water partition coefficient (Wildman–Crippen LogP) is 2.44. The molecule has 1 N–H and O–H groups in total. The van der Waals surface area contributed by atoms with Gasteiger partial charge in [-0.1, -0.05) is 25.1 Å². The van der Waals surface area contributed by atoms with Crippen molar-refractivity contribution in [1.29, 1.82) is 0 Å². The van der Waals surface area contributed by atoms with Crippen molar-refractivity contribution in [3.63, 3.8) is 0 Å². The van der Waals surface area contributed by atoms with Crippen LogP contribution in [0.4, 0.5) is 0 Å². The number of hydrogen-bond donors (Lipinski definition) is 1. The SMILES string of the molecule is Cc1nc(-c2ccccc2)oc1C(=O)N(C)CC(C)C(=O)O. The number of carboxylic acids is 1. The summed E-state index contributed by atoms with van der Waals surface area (Å²) in [6.07, 6.45) is 0. The van der Waals surface area contributed by atoms with Crippen molar-refractivity contribution in [2.24, 2.45) is 5.92 Å². The van der Waals surface area contributed by atoms with E-state index in [-0.39, 0.29) is 18.2 Å². The van der Waals surface area contributed by atoms with Gasteiger partial charge in [-0.15, -0.1) is 0 Å². The number of aromatic nitrogens is 1. The zero-order valence-electron chi connectivity index (χ0n) is 12.7. The number of aliphatic carboxylic acids is 1. The highest BCUT2D eigenvalue weighted by atomic mass is 16.4. The third-order valence-electron chi connectivity index (χ3n) is 3.33. The minimum Gasteiger partial charge on any atom is -0.481 e. The molecule has 6 nitrogen and oxygen atoms in total. The molecule has 1 aromatic heterocycles. The lowest BCUT2D eigenvalue weighted by Gasteiger charge is -2.18. The van der Waals surface area contributed by atoms with Crippen LogP contribution >= 0.6 is 0 Å². The van der Waals surface area contributed by atoms with E-state index in [0.29, 0.717) is 11.6 Å². The Hall–Kier alpha value is -2.63. The Morgan fingerprint density at radius 1 is 1.32 bits per heavy atom. The van der Waals surface area contributed by atoms with Crippen LogP contribution in [-0.4, -0.2) is 40.5 Å². The van der Waals surface area contributed by atoms with Crippen LogP contribution in [0.25, 0.3) is 11.5 Å². The van der Waals surface area contributed by atoms with Crippen LogP contribution in [0, 0.1) is 12.8 Å². The van der Waals surface area contributed by atoms with Crippen molar-refractivity contribution < 1.29 is 19.1 Å². The van der Waals surface area contributed by atoms with Gasteiger partial charge in [-0.2, -0.15) is 0 Å². The van der Waals surface area contributed by atoms with Crippen molar-refractivity contribution in [2.45, 2.75) is 13.8 Å². The van der Waals surface area contributed by atoms with Crippen molar-refractivity contribution in [3.8, 4) is 11.5 Å². The lowest BCUT2D eigenvalue weighted by Crippen LogP contribution is -2.33. The molecule has 6 heteroatoms. The monoisotopic (exact) mass is 302 g/mol. The first kappa shape index (κ1) is 15.8. The maximum Gasteiger partial charge on any atom is 0.308 e. The summed E-state index contributed by atoms with van der Waals surface area (Å²) in [5, 5.41) is 8.92. The minimum absolute atomic E-state index is 0.106. The summed E-state index contributed by atoms with van der Waals surface area (Å²) in [7, 11) is 1.55. The maximum absolute atomic E-state index is 12.4. The topological polar surface area (TPSA) is 83.6 Å². The Balaban J connectivity index is 2.20. The van der Waals surface area contributed by atoms with E-state index in [1.54, 1.807) is 20.9 Å². The molecule has 0 aliphatic carbocycles. The molecule has 1 atom stereocenters. The highest BCUT2D eigenvalue weighted by Gasteiger charge is 2.24. The number of amides is 1. The molecule has 116 valence electrons. The van der Waals surface area contributed by atoms with Crippen LogP contribution in [-0.2, 0) is 4.79 Å². The van der Waals surface area contributed by atoms with Crippen LogP contribution in [0.5, 0.6) is 0 Å². The Morgan fingerprint density at radius 3 is 2.55 bits per heavy atom. The van der Waals surface area contributed by atoms with E-state index < -0.39 is 11.9 Å². The third-order valence-corrected chi connectivity index (χ3v) is 3.33. The molecule has 1 heterocycles. The molecule has 2 aromatic rings. The number of nitrogens with zero attached hydrogens (tertiary/aromatic N) is 2. The summed E-state index contributed by atoms with van der Waals surface area (Å²) < 4.78 is 5.58. The first-order valence-electron chi connectivity index (χ1n) is 6.91. The average molecular weight is 302 g/mol. The Morgan fingerprint density at radius 2 is 1.95 bits per heavy atom. The molecule has 0 spiro atoms. The van der Waals surface area contributed by atoms with Crippen LogP contribution in [0.3, 0.4) is 0 Å². The molecular formula is C16H18N2O4. The average Bonchev–Trinajstić information content (AvgIpc) is 2.89. The van der Waals surface area contributed by atoms with Gasteiger partial charge in [-0.25, -0.2) is 4.98 Å². The fourth-order valence-electron chi connectivity index (χ4n) is 2.04. The van der Waals surface area contributed by atoms with Crippen LogP contribution in [0.15, 0.2) is 34.7 Å². The van der Waals surface area contributed by atoms with E-state index in [1.165, 1.54) is 4.90 Å². The molecule has 0 aliphatic heterocycles. The second-order valence-corrected chi connectivity index (χ2v) is 5.22. The molecule has 1 aromatic carbocycles. The maximum atomic E-state index is 12.4. The van der Waals surface area contributed by atoms with Gasteiger partial charge in [-0.05, 0) is 19.1 Å². The summed E-state index contributed by atoms with van der Waals surface area (Å²) >= 11 is 0. The predicted molar refractivity (Wildman–Crippen MR) is 80.4 cm³/mol. The first-order valence-corrected chi connectivity index (χ1v) is 6.91. The molecule has 0 saturated heterocycles. The standard InChI is InChI=1S/C16H18N2O4/c1-10(16(20)21)9-18(3)15(19)13-11(2)17-14(22-13)12-7-5-4-6-8-12/h4-8,10H,9H2,1-3H3,(H,20,21). The molecule has 0 radical (unpaired) electrons. The number of carboxylic acid groups (broad SMARTS) is 1. The van der Waals surface area contributed by atoms with E-state index >= 15 is 0 Å². The van der Waals surface area contributed by atoms with Gasteiger partial charge in [-0.3, -0.25) is 9.59 Å². The summed E-state index contributed by atoms with van der Waals surface area (Å²) in [5.41, 5.74) is 1.27. The summed E-state index contributed by atoms with van der Waals surface area (Å²) in [6, 6.07) is 9.28. The van der Waals surface area contributed by atoms with Crippen LogP contribution in [0.1, 0.15) is 23.2 Å². The number of hydrogen-bond acceptors (Lipinski definition) is 4. The minimum atomic E-state index is -0.945. The largest absolute Gasteiger partial charge is 0.481 e. The smallest absolute Gasteiger partial charge is 0.308 e. The van der Waals surface area contributed by atoms with Crippen LogP contribution in [0.2, 0.25) is 0 Å². The summed E-state index contributed by atoms with van der Waals surface area (Å²) in [6.45, 7) is 3.35. The second kappa shape index (κ2) is 6.43. The lowest BCUT2D eigenvalue weighted by molar-refractivity contribution is -0.141. The molecule has 0 fully saturated rings. The van der Waals surface area contributed by atoms with Crippen molar-refractivity contribution in [2.75, 3.05) is 13.6 Å². The summed E-state index contributed by atoms with van der Waals surface area (Å²) in [4.78, 5) is 28.8. The Bertz CT molecular complexity index is 679. The first-order chi connectivity index (χ1) is 10.4. The zero-order valence-corrected chi connectivity index (χ0v) is 12.7. The van der Waals surface area contributed by atoms with Crippen molar-refractivity contribution in [1.82, 2.24) is 9.88 Å². The van der Waals surface area contributed by atoms with Gasteiger partial charge < -0.3 is 14.4 Å². The van der Waals surface area contributed by atoms with E-state index in [0.717, 1.165) is 5.56 Å². The van der Waals surface area contributed by atoms with Crippen LogP contribution < -0.4 is 0 Å². The number of carbonyl (C=O) groups is 2. The molecule has 0 bridgehead atoms. The highest BCUT2D eigenvalue weighted by Crippen LogP contribution is 2.22. The number of rotatable bonds is 5. The van der Waals surface area contributed by atoms with Gasteiger partial charge in [0.15, 0.2) is 0 Å². The fourth-order valence-corrected chi connectivity index (χ4v) is 2.04. The Labute approximate surface area is 128 Å². The van der Waals surface area contributed by atoms with E-state index in [9.17, 15) is 9.59 Å². The fraction of sp³-hybridized carbons (Fsp3) is 0.312. The van der Waals surface area contributed by atoms with E-state index in [4.69, 9.17) is 9.52 Å². The van der Waals surface area contributed by atoms with Crippen molar-refractivity contribution in [3.05, 3.63) is 41.8 Å². The number of benzene rings is 1. The van der Waals surface area contributed by atoms with Crippen molar-refractivity contribution >= 4 is 11.9 Å². The van der Waals surface area contributed by atoms with Gasteiger partial charge in [0.1, 0.15) is 0 Å². The molecule has 0 saturated carbocycles. The molecule has 0 aliphatic rings. The molecule has 2 rings (SSSR count). The number of oxazole rings is 1. The van der Waals surface area contributed by atoms with Gasteiger partial charge in [0.05, 0.1) is 11.6 Å². The third kappa shape index (κ3) is 3.33. The highest BCUT2D eigenvalue weighted by molar-refractivity contribution is 5.93. The molecule has 1 unspecified atom stereocenters. The van der Waals surface area contributed by atoms with Gasteiger partial charge in [0, 0.05) is 19.2 Å². The van der Waals surface area contributed by atoms with E-state index in [1.807, 2.05) is 30.3 Å². The van der Waals surface area contributed by atoms with E-state index in [2.05, 4.69) is 4.98 Å². The molecule has 22 heavy (non-hydrogen) atoms. The lowest BCUT2D eigenvalue weighted by atomic mass is 10.1. The quantitative estimate of drug-likeness (QED) is 0.917.